The lowest BCUT2D eigenvalue weighted by atomic mass is 10.3. The number of thiazole rings is 1. The summed E-state index contributed by atoms with van der Waals surface area (Å²) in [6.45, 7) is 1.28. The molecule has 0 saturated heterocycles. The maximum Gasteiger partial charge on any atom is 0.434 e. The fraction of sp³-hybridized carbons (Fsp3) is 0.412. The molecule has 0 atom stereocenters. The first-order valence-corrected chi connectivity index (χ1v) is 9.11. The summed E-state index contributed by atoms with van der Waals surface area (Å²) in [5, 5.41) is 7.32. The van der Waals surface area contributed by atoms with E-state index >= 15 is 0 Å². The average molecular weight is 404 g/mol. The minimum Gasteiger partial charge on any atom is -0.494 e. The molecule has 27 heavy (non-hydrogen) atoms. The van der Waals surface area contributed by atoms with Crippen LogP contribution in [0.4, 0.5) is 17.6 Å². The second-order valence-corrected chi connectivity index (χ2v) is 6.43. The van der Waals surface area contributed by atoms with Crippen LogP contribution in [0.2, 0.25) is 0 Å². The van der Waals surface area contributed by atoms with E-state index in [-0.39, 0.29) is 12.4 Å². The van der Waals surface area contributed by atoms with E-state index in [2.05, 4.69) is 20.6 Å². The predicted molar refractivity (Wildman–Crippen MR) is 96.4 cm³/mol. The third-order valence-corrected chi connectivity index (χ3v) is 4.27. The van der Waals surface area contributed by atoms with Crippen molar-refractivity contribution in [1.82, 2.24) is 15.6 Å². The Hall–Kier alpha value is -2.36. The van der Waals surface area contributed by atoms with Gasteiger partial charge in [0.1, 0.15) is 16.6 Å². The van der Waals surface area contributed by atoms with Crippen molar-refractivity contribution in [3.8, 4) is 5.75 Å². The van der Waals surface area contributed by atoms with Gasteiger partial charge in [0.2, 0.25) is 0 Å². The molecule has 10 heteroatoms. The zero-order valence-electron chi connectivity index (χ0n) is 14.6. The van der Waals surface area contributed by atoms with Crippen molar-refractivity contribution in [2.75, 3.05) is 20.2 Å². The lowest BCUT2D eigenvalue weighted by molar-refractivity contribution is -0.140. The van der Waals surface area contributed by atoms with Crippen LogP contribution in [-0.4, -0.2) is 31.1 Å². The van der Waals surface area contributed by atoms with Crippen molar-refractivity contribution in [2.45, 2.75) is 25.6 Å². The lowest BCUT2D eigenvalue weighted by Gasteiger charge is -2.11. The predicted octanol–water partition coefficient (Wildman–Crippen LogP) is 3.83. The molecule has 5 nitrogen and oxygen atoms in total. The Labute approximate surface area is 158 Å². The molecule has 0 bridgehead atoms. The molecular weight excluding hydrogens is 384 g/mol. The zero-order chi connectivity index (χ0) is 19.7. The minimum absolute atomic E-state index is 0.161. The van der Waals surface area contributed by atoms with Gasteiger partial charge < -0.3 is 15.4 Å². The Morgan fingerprint density at radius 3 is 2.56 bits per heavy atom. The van der Waals surface area contributed by atoms with Gasteiger partial charge in [0.15, 0.2) is 11.7 Å². The second kappa shape index (κ2) is 10.1. The van der Waals surface area contributed by atoms with Crippen LogP contribution >= 0.6 is 11.3 Å². The van der Waals surface area contributed by atoms with Gasteiger partial charge in [-0.2, -0.15) is 13.2 Å². The second-order valence-electron chi connectivity index (χ2n) is 5.49. The molecule has 0 fully saturated rings. The van der Waals surface area contributed by atoms with Crippen LogP contribution in [0, 0.1) is 5.82 Å². The molecule has 0 spiro atoms. The van der Waals surface area contributed by atoms with E-state index in [1.54, 1.807) is 19.2 Å². The third kappa shape index (κ3) is 7.41. The number of aliphatic imine (C=N–C) groups is 1. The van der Waals surface area contributed by atoms with Crippen molar-refractivity contribution in [2.24, 2.45) is 4.99 Å². The van der Waals surface area contributed by atoms with Gasteiger partial charge in [-0.3, -0.25) is 4.99 Å². The number of halogens is 4. The molecule has 0 radical (unpaired) electrons. The van der Waals surface area contributed by atoms with E-state index in [0.717, 1.165) is 29.6 Å². The first-order chi connectivity index (χ1) is 12.9. The van der Waals surface area contributed by atoms with Crippen LogP contribution in [0.15, 0.2) is 34.6 Å². The highest BCUT2D eigenvalue weighted by atomic mass is 32.1. The summed E-state index contributed by atoms with van der Waals surface area (Å²) in [7, 11) is 1.58. The number of nitrogens with zero attached hydrogens (tertiary/aromatic N) is 2. The summed E-state index contributed by atoms with van der Waals surface area (Å²) in [5.41, 5.74) is -0.881. The first-order valence-electron chi connectivity index (χ1n) is 8.23. The van der Waals surface area contributed by atoms with E-state index in [0.29, 0.717) is 29.9 Å². The molecular formula is C17H20F4N4OS. The van der Waals surface area contributed by atoms with E-state index in [1.807, 2.05) is 0 Å². The summed E-state index contributed by atoms with van der Waals surface area (Å²) < 4.78 is 55.8. The Balaban J connectivity index is 1.61. The lowest BCUT2D eigenvalue weighted by Crippen LogP contribution is -2.37. The number of guanidine groups is 1. The summed E-state index contributed by atoms with van der Waals surface area (Å²) in [5.74, 6) is 0.791. The van der Waals surface area contributed by atoms with Gasteiger partial charge in [-0.25, -0.2) is 9.37 Å². The number of hydrogen-bond donors (Lipinski definition) is 2. The van der Waals surface area contributed by atoms with Crippen molar-refractivity contribution in [3.63, 3.8) is 0 Å². The van der Waals surface area contributed by atoms with E-state index in [4.69, 9.17) is 4.74 Å². The van der Waals surface area contributed by atoms with Crippen molar-refractivity contribution in [3.05, 3.63) is 46.2 Å². The molecule has 1 aromatic carbocycles. The van der Waals surface area contributed by atoms with Gasteiger partial charge in [-0.05, 0) is 37.1 Å². The van der Waals surface area contributed by atoms with Crippen LogP contribution < -0.4 is 15.4 Å². The van der Waals surface area contributed by atoms with E-state index < -0.39 is 11.9 Å². The number of ether oxygens (including phenoxy) is 1. The number of aromatic nitrogens is 1. The number of alkyl halides is 3. The molecule has 2 aromatic rings. The molecule has 0 aliphatic heterocycles. The highest BCUT2D eigenvalue weighted by molar-refractivity contribution is 7.09. The van der Waals surface area contributed by atoms with Gasteiger partial charge in [0.05, 0.1) is 13.2 Å². The Morgan fingerprint density at radius 2 is 1.93 bits per heavy atom. The van der Waals surface area contributed by atoms with E-state index in [9.17, 15) is 17.6 Å². The fourth-order valence-electron chi connectivity index (χ4n) is 2.06. The van der Waals surface area contributed by atoms with Crippen LogP contribution in [0.3, 0.4) is 0 Å². The number of benzene rings is 1. The van der Waals surface area contributed by atoms with Crippen LogP contribution in [0.5, 0.6) is 5.75 Å². The quantitative estimate of drug-likeness (QED) is 0.304. The topological polar surface area (TPSA) is 58.5 Å². The number of nitrogens with one attached hydrogen (secondary N) is 2. The zero-order valence-corrected chi connectivity index (χ0v) is 15.5. The summed E-state index contributed by atoms with van der Waals surface area (Å²) >= 11 is 0.946. The Morgan fingerprint density at radius 1 is 1.19 bits per heavy atom. The van der Waals surface area contributed by atoms with Crippen LogP contribution in [-0.2, 0) is 12.7 Å². The SMILES string of the molecule is CN=C(NCCCCOc1ccc(F)cc1)NCc1nc(C(F)(F)F)cs1. The van der Waals surface area contributed by atoms with Gasteiger partial charge in [0, 0.05) is 19.0 Å². The molecule has 0 aliphatic carbocycles. The molecule has 0 saturated carbocycles. The normalized spacial score (nSPS) is 12.1. The van der Waals surface area contributed by atoms with Gasteiger partial charge in [0.25, 0.3) is 0 Å². The first kappa shape index (κ1) is 20.9. The summed E-state index contributed by atoms with van der Waals surface area (Å²) in [4.78, 5) is 7.57. The largest absolute Gasteiger partial charge is 0.494 e. The molecule has 0 amide bonds. The van der Waals surface area contributed by atoms with Crippen molar-refractivity contribution < 1.29 is 22.3 Å². The third-order valence-electron chi connectivity index (χ3n) is 3.42. The molecule has 1 aromatic heterocycles. The molecule has 2 rings (SSSR count). The highest BCUT2D eigenvalue weighted by Gasteiger charge is 2.33. The number of unbranched alkanes of at least 4 members (excludes halogenated alkanes) is 1. The molecule has 1 heterocycles. The number of rotatable bonds is 8. The van der Waals surface area contributed by atoms with Crippen molar-refractivity contribution >= 4 is 17.3 Å². The molecule has 148 valence electrons. The monoisotopic (exact) mass is 404 g/mol. The molecule has 0 unspecified atom stereocenters. The standard InChI is InChI=1S/C17H20F4N4OS/c1-22-16(24-10-15-25-14(11-27-15)17(19,20)21)23-8-2-3-9-26-13-6-4-12(18)5-7-13/h4-7,11H,2-3,8-10H2,1H3,(H2,22,23,24). The Kier molecular flexibility index (Phi) is 7.83. The summed E-state index contributed by atoms with van der Waals surface area (Å²) in [6.07, 6.45) is -2.84. The molecule has 2 N–H and O–H groups in total. The maximum atomic E-state index is 12.8. The fourth-order valence-corrected chi connectivity index (χ4v) is 2.80. The maximum absolute atomic E-state index is 12.8. The van der Waals surface area contributed by atoms with E-state index in [1.165, 1.54) is 12.1 Å². The van der Waals surface area contributed by atoms with Gasteiger partial charge in [-0.15, -0.1) is 11.3 Å². The Bertz CT molecular complexity index is 731. The van der Waals surface area contributed by atoms with Crippen molar-refractivity contribution in [1.29, 1.82) is 0 Å². The number of hydrogen-bond acceptors (Lipinski definition) is 4. The molecule has 0 aliphatic rings. The minimum atomic E-state index is -4.43. The van der Waals surface area contributed by atoms with Gasteiger partial charge >= 0.3 is 6.18 Å². The van der Waals surface area contributed by atoms with Crippen LogP contribution in [0.25, 0.3) is 0 Å². The summed E-state index contributed by atoms with van der Waals surface area (Å²) in [6, 6.07) is 5.82. The highest BCUT2D eigenvalue weighted by Crippen LogP contribution is 2.29. The smallest absolute Gasteiger partial charge is 0.434 e. The van der Waals surface area contributed by atoms with Crippen LogP contribution in [0.1, 0.15) is 23.5 Å². The van der Waals surface area contributed by atoms with Gasteiger partial charge in [-0.1, -0.05) is 0 Å². The average Bonchev–Trinajstić information content (AvgIpc) is 3.11.